The molecule has 2 N–H and O–H groups in total. The van der Waals surface area contributed by atoms with Crippen molar-refractivity contribution in [3.8, 4) is 16.6 Å². The summed E-state index contributed by atoms with van der Waals surface area (Å²) in [4.78, 5) is 23.0. The average molecular weight is 426 g/mol. The Morgan fingerprint density at radius 2 is 2.00 bits per heavy atom. The molecular weight excluding hydrogens is 396 g/mol. The minimum absolute atomic E-state index is 0.165. The van der Waals surface area contributed by atoms with Crippen molar-refractivity contribution in [3.05, 3.63) is 29.1 Å². The number of thiazole rings is 1. The molecule has 1 aromatic heterocycles. The van der Waals surface area contributed by atoms with Gasteiger partial charge in [-0.3, -0.25) is 4.90 Å². The van der Waals surface area contributed by atoms with Crippen molar-refractivity contribution < 1.29 is 4.79 Å². The second kappa shape index (κ2) is 8.34. The molecule has 2 amide bonds. The number of anilines is 1. The van der Waals surface area contributed by atoms with Gasteiger partial charge in [0.05, 0.1) is 24.0 Å². The van der Waals surface area contributed by atoms with E-state index < -0.39 is 0 Å². The number of piperazine rings is 1. The van der Waals surface area contributed by atoms with Gasteiger partial charge in [0.15, 0.2) is 0 Å². The predicted molar refractivity (Wildman–Crippen MR) is 121 cm³/mol. The Morgan fingerprint density at radius 3 is 2.57 bits per heavy atom. The molecule has 2 aliphatic heterocycles. The van der Waals surface area contributed by atoms with Crippen molar-refractivity contribution >= 4 is 28.9 Å². The van der Waals surface area contributed by atoms with Gasteiger partial charge in [0.1, 0.15) is 11.0 Å². The highest BCUT2D eigenvalue weighted by Gasteiger charge is 2.49. The average Bonchev–Trinajstić information content (AvgIpc) is 3.32. The molecule has 0 aliphatic carbocycles. The first kappa shape index (κ1) is 20.8. The molecular formula is C22H29N6OS+. The maximum Gasteiger partial charge on any atom is 0.420 e. The zero-order valence-corrected chi connectivity index (χ0v) is 18.5. The number of rotatable bonds is 4. The van der Waals surface area contributed by atoms with Gasteiger partial charge in [-0.25, -0.2) is 4.79 Å². The number of aryl methyl sites for hydroxylation is 1. The standard InChI is InChI=1S/C22H28N6OS/c1-16-4-3-15-28(16,22(24)29)20-17(2)30-21(25-20)18-5-7-19(8-6-18)27-13-11-26(10-9-23)12-14-27/h5-8,16H,3-4,10-15H2,1-2H3,(H-,24,29)/p+1/t16-,28?/m1/s1. The highest BCUT2D eigenvalue weighted by Crippen LogP contribution is 2.41. The fourth-order valence-electron chi connectivity index (χ4n) is 4.78. The molecule has 4 rings (SSSR count). The number of likely N-dealkylation sites (tertiary alicyclic amines) is 1. The van der Waals surface area contributed by atoms with Crippen molar-refractivity contribution in [1.82, 2.24) is 14.4 Å². The number of nitrogens with two attached hydrogens (primary N) is 1. The molecule has 3 heterocycles. The third-order valence-corrected chi connectivity index (χ3v) is 7.58. The molecule has 0 bridgehead atoms. The molecule has 0 radical (unpaired) electrons. The van der Waals surface area contributed by atoms with Gasteiger partial charge in [-0.2, -0.15) is 14.7 Å². The maximum absolute atomic E-state index is 12.4. The van der Waals surface area contributed by atoms with Crippen molar-refractivity contribution in [2.45, 2.75) is 32.7 Å². The minimum atomic E-state index is -0.300. The lowest BCUT2D eigenvalue weighted by molar-refractivity contribution is 0.204. The van der Waals surface area contributed by atoms with E-state index in [2.05, 4.69) is 47.1 Å². The number of primary amides is 1. The van der Waals surface area contributed by atoms with Gasteiger partial charge in [-0.05, 0) is 38.1 Å². The normalized spacial score (nSPS) is 24.7. The number of carbonyl (C=O) groups excluding carboxylic acids is 1. The first-order valence-electron chi connectivity index (χ1n) is 10.6. The van der Waals surface area contributed by atoms with E-state index in [1.807, 2.05) is 6.92 Å². The van der Waals surface area contributed by atoms with E-state index in [1.54, 1.807) is 11.3 Å². The highest BCUT2D eigenvalue weighted by atomic mass is 32.1. The smallest absolute Gasteiger partial charge is 0.369 e. The summed E-state index contributed by atoms with van der Waals surface area (Å²) in [5.41, 5.74) is 8.13. The molecule has 1 unspecified atom stereocenters. The molecule has 1 aromatic carbocycles. The zero-order chi connectivity index (χ0) is 21.3. The van der Waals surface area contributed by atoms with Crippen LogP contribution < -0.4 is 15.1 Å². The summed E-state index contributed by atoms with van der Waals surface area (Å²) < 4.78 is 0.174. The van der Waals surface area contributed by atoms with Gasteiger partial charge >= 0.3 is 6.03 Å². The van der Waals surface area contributed by atoms with E-state index in [-0.39, 0.29) is 16.6 Å². The van der Waals surface area contributed by atoms with Crippen molar-refractivity contribution in [1.29, 1.82) is 5.26 Å². The van der Waals surface area contributed by atoms with Gasteiger partial charge in [0.2, 0.25) is 0 Å². The molecule has 30 heavy (non-hydrogen) atoms. The number of amides is 2. The third kappa shape index (κ3) is 3.58. The quantitative estimate of drug-likeness (QED) is 0.600. The lowest BCUT2D eigenvalue weighted by atomic mass is 10.2. The van der Waals surface area contributed by atoms with Crippen LogP contribution in [0.5, 0.6) is 0 Å². The number of benzene rings is 1. The molecule has 2 atom stereocenters. The Balaban J connectivity index is 1.54. The first-order chi connectivity index (χ1) is 14.5. The molecule has 2 saturated heterocycles. The van der Waals surface area contributed by atoms with Crippen LogP contribution in [0, 0.1) is 18.3 Å². The molecule has 0 spiro atoms. The fourth-order valence-corrected chi connectivity index (χ4v) is 5.76. The maximum atomic E-state index is 12.4. The van der Waals surface area contributed by atoms with Crippen molar-refractivity contribution in [3.63, 3.8) is 0 Å². The Kier molecular flexibility index (Phi) is 5.78. The van der Waals surface area contributed by atoms with E-state index in [0.717, 1.165) is 66.8 Å². The van der Waals surface area contributed by atoms with Crippen LogP contribution in [0.3, 0.4) is 0 Å². The Labute approximate surface area is 181 Å². The van der Waals surface area contributed by atoms with E-state index in [9.17, 15) is 4.79 Å². The molecule has 0 saturated carbocycles. The summed E-state index contributed by atoms with van der Waals surface area (Å²) in [5.74, 6) is 0.824. The molecule has 8 heteroatoms. The van der Waals surface area contributed by atoms with Crippen LogP contribution in [-0.4, -0.2) is 61.2 Å². The summed E-state index contributed by atoms with van der Waals surface area (Å²) in [5, 5.41) is 9.79. The zero-order valence-electron chi connectivity index (χ0n) is 17.7. The first-order valence-corrected chi connectivity index (χ1v) is 11.4. The van der Waals surface area contributed by atoms with Crippen LogP contribution >= 0.6 is 11.3 Å². The lowest BCUT2D eigenvalue weighted by Gasteiger charge is -2.34. The second-order valence-corrected chi connectivity index (χ2v) is 9.49. The molecule has 2 fully saturated rings. The summed E-state index contributed by atoms with van der Waals surface area (Å²) in [6.07, 6.45) is 1.98. The van der Waals surface area contributed by atoms with Gasteiger partial charge in [-0.1, -0.05) is 0 Å². The Bertz CT molecular complexity index is 957. The number of nitrogens with zero attached hydrogens (tertiary/aromatic N) is 5. The van der Waals surface area contributed by atoms with Gasteiger partial charge < -0.3 is 10.6 Å². The number of urea groups is 1. The minimum Gasteiger partial charge on any atom is -0.369 e. The van der Waals surface area contributed by atoms with Crippen LogP contribution in [0.25, 0.3) is 10.6 Å². The molecule has 158 valence electrons. The number of nitriles is 1. The van der Waals surface area contributed by atoms with E-state index in [4.69, 9.17) is 16.0 Å². The monoisotopic (exact) mass is 425 g/mol. The topological polar surface area (TPSA) is 86.2 Å². The SMILES string of the molecule is Cc1sc(-c2ccc(N3CCN(CC#N)CC3)cc2)nc1[N+]1(C(N)=O)CCC[C@H]1C. The fraction of sp³-hybridized carbons (Fsp3) is 0.500. The number of hydrogen-bond acceptors (Lipinski definition) is 6. The molecule has 2 aliphatic rings. The molecule has 7 nitrogen and oxygen atoms in total. The predicted octanol–water partition coefficient (Wildman–Crippen LogP) is 3.33. The summed E-state index contributed by atoms with van der Waals surface area (Å²) in [6.45, 7) is 9.06. The van der Waals surface area contributed by atoms with Crippen LogP contribution in [0.1, 0.15) is 24.6 Å². The van der Waals surface area contributed by atoms with Crippen LogP contribution in [-0.2, 0) is 0 Å². The third-order valence-electron chi connectivity index (χ3n) is 6.57. The number of quaternary nitrogens is 1. The molecule has 2 aromatic rings. The van der Waals surface area contributed by atoms with E-state index in [1.165, 1.54) is 5.69 Å². The van der Waals surface area contributed by atoms with Crippen molar-refractivity contribution in [2.75, 3.05) is 44.2 Å². The second-order valence-electron chi connectivity index (χ2n) is 8.29. The number of hydrogen-bond donors (Lipinski definition) is 1. The summed E-state index contributed by atoms with van der Waals surface area (Å²) in [7, 11) is 0. The largest absolute Gasteiger partial charge is 0.420 e. The summed E-state index contributed by atoms with van der Waals surface area (Å²) in [6, 6.07) is 10.6. The van der Waals surface area contributed by atoms with Gasteiger partial charge in [-0.15, -0.1) is 11.3 Å². The van der Waals surface area contributed by atoms with Gasteiger partial charge in [0, 0.05) is 50.3 Å². The van der Waals surface area contributed by atoms with Crippen LogP contribution in [0.15, 0.2) is 24.3 Å². The number of aromatic nitrogens is 1. The van der Waals surface area contributed by atoms with Gasteiger partial charge in [0.25, 0.3) is 5.82 Å². The summed E-state index contributed by atoms with van der Waals surface area (Å²) >= 11 is 1.63. The van der Waals surface area contributed by atoms with Crippen molar-refractivity contribution in [2.24, 2.45) is 5.73 Å². The Morgan fingerprint density at radius 1 is 1.30 bits per heavy atom. The highest BCUT2D eigenvalue weighted by molar-refractivity contribution is 7.15. The Hall–Kier alpha value is -2.47. The van der Waals surface area contributed by atoms with Crippen LogP contribution in [0.2, 0.25) is 0 Å². The van der Waals surface area contributed by atoms with Crippen LogP contribution in [0.4, 0.5) is 16.3 Å². The lowest BCUT2D eigenvalue weighted by Crippen LogP contribution is -2.59. The van der Waals surface area contributed by atoms with E-state index in [0.29, 0.717) is 6.54 Å². The van der Waals surface area contributed by atoms with E-state index >= 15 is 0 Å². The number of carbonyl (C=O) groups is 1.